The number of rotatable bonds is 5. The molecule has 0 saturated heterocycles. The van der Waals surface area contributed by atoms with Crippen LogP contribution in [-0.4, -0.2) is 18.2 Å². The molecule has 0 aliphatic carbocycles. The molecule has 0 aliphatic heterocycles. The van der Waals surface area contributed by atoms with E-state index in [1.807, 2.05) is 0 Å². The minimum absolute atomic E-state index is 0.0524. The van der Waals surface area contributed by atoms with Gasteiger partial charge < -0.3 is 4.42 Å². The third-order valence-electron chi connectivity index (χ3n) is 3.80. The first-order valence-electron chi connectivity index (χ1n) is 7.65. The maximum atomic E-state index is 13.1. The second-order valence-electron chi connectivity index (χ2n) is 5.73. The van der Waals surface area contributed by atoms with Gasteiger partial charge in [-0.2, -0.15) is 5.10 Å². The van der Waals surface area contributed by atoms with Gasteiger partial charge in [0.1, 0.15) is 22.2 Å². The Kier molecular flexibility index (Phi) is 4.49. The molecule has 3 aromatic rings. The molecule has 1 N–H and O–H groups in total. The summed E-state index contributed by atoms with van der Waals surface area (Å²) < 4.78 is 47.9. The highest BCUT2D eigenvalue weighted by Crippen LogP contribution is 2.23. The third-order valence-corrected chi connectivity index (χ3v) is 5.45. The number of furan rings is 1. The molecule has 6 nitrogen and oxygen atoms in total. The van der Waals surface area contributed by atoms with Gasteiger partial charge in [-0.05, 0) is 57.2 Å². The van der Waals surface area contributed by atoms with Crippen LogP contribution >= 0.6 is 0 Å². The standard InChI is InChI=1S/C17H18FN3O3S/c1-11-4-9-16(24-11)10-19-25(22,23)17-12(2)20-21(13(17)3)15-7-5-14(18)6-8-15/h4-9,19H,10H2,1-3H3. The Hall–Kier alpha value is -2.45. The van der Waals surface area contributed by atoms with E-state index in [0.717, 1.165) is 0 Å². The van der Waals surface area contributed by atoms with Crippen LogP contribution in [0.4, 0.5) is 4.39 Å². The predicted octanol–water partition coefficient (Wildman–Crippen LogP) is 3.01. The lowest BCUT2D eigenvalue weighted by Gasteiger charge is -2.07. The second-order valence-corrected chi connectivity index (χ2v) is 7.43. The molecule has 3 rings (SSSR count). The number of hydrogen-bond donors (Lipinski definition) is 1. The molecule has 0 saturated carbocycles. The van der Waals surface area contributed by atoms with Crippen LogP contribution in [0.5, 0.6) is 0 Å². The molecule has 2 aromatic heterocycles. The summed E-state index contributed by atoms with van der Waals surface area (Å²) in [6.07, 6.45) is 0. The summed E-state index contributed by atoms with van der Waals surface area (Å²) in [4.78, 5) is 0.111. The summed E-state index contributed by atoms with van der Waals surface area (Å²) in [5.74, 6) is 0.876. The van der Waals surface area contributed by atoms with Crippen molar-refractivity contribution in [1.82, 2.24) is 14.5 Å². The van der Waals surface area contributed by atoms with Gasteiger partial charge in [-0.15, -0.1) is 0 Å². The average molecular weight is 363 g/mol. The first-order valence-corrected chi connectivity index (χ1v) is 9.13. The Morgan fingerprint density at radius 3 is 2.40 bits per heavy atom. The van der Waals surface area contributed by atoms with Crippen LogP contribution in [0, 0.1) is 26.6 Å². The van der Waals surface area contributed by atoms with Crippen molar-refractivity contribution in [2.45, 2.75) is 32.2 Å². The highest BCUT2D eigenvalue weighted by Gasteiger charge is 2.25. The zero-order chi connectivity index (χ0) is 18.2. The Bertz CT molecular complexity index is 1000. The third kappa shape index (κ3) is 3.49. The number of aromatic nitrogens is 2. The molecule has 0 aliphatic rings. The molecule has 0 bridgehead atoms. The highest BCUT2D eigenvalue weighted by molar-refractivity contribution is 7.89. The van der Waals surface area contributed by atoms with Crippen molar-refractivity contribution in [1.29, 1.82) is 0 Å². The zero-order valence-corrected chi connectivity index (χ0v) is 14.9. The molecule has 2 heterocycles. The van der Waals surface area contributed by atoms with Crippen LogP contribution in [0.3, 0.4) is 0 Å². The molecule has 0 amide bonds. The van der Waals surface area contributed by atoms with Gasteiger partial charge in [-0.25, -0.2) is 22.2 Å². The Morgan fingerprint density at radius 1 is 1.12 bits per heavy atom. The van der Waals surface area contributed by atoms with Crippen LogP contribution in [0.2, 0.25) is 0 Å². The molecule has 25 heavy (non-hydrogen) atoms. The first kappa shape index (κ1) is 17.4. The Morgan fingerprint density at radius 2 is 1.80 bits per heavy atom. The number of halogens is 1. The van der Waals surface area contributed by atoms with E-state index in [4.69, 9.17) is 4.42 Å². The largest absolute Gasteiger partial charge is 0.465 e. The summed E-state index contributed by atoms with van der Waals surface area (Å²) in [5.41, 5.74) is 1.40. The van der Waals surface area contributed by atoms with Gasteiger partial charge in [-0.1, -0.05) is 0 Å². The fourth-order valence-corrected chi connectivity index (χ4v) is 4.05. The Balaban J connectivity index is 1.92. The molecular formula is C17H18FN3O3S. The topological polar surface area (TPSA) is 77.1 Å². The number of aryl methyl sites for hydroxylation is 2. The summed E-state index contributed by atoms with van der Waals surface area (Å²) in [5, 5.41) is 4.29. The van der Waals surface area contributed by atoms with Crippen LogP contribution in [0.1, 0.15) is 22.9 Å². The SMILES string of the molecule is Cc1ccc(CNS(=O)(=O)c2c(C)nn(-c3ccc(F)cc3)c2C)o1. The van der Waals surface area contributed by atoms with Gasteiger partial charge in [-0.3, -0.25) is 0 Å². The number of sulfonamides is 1. The van der Waals surface area contributed by atoms with Crippen molar-refractivity contribution in [3.8, 4) is 5.69 Å². The van der Waals surface area contributed by atoms with Crippen LogP contribution < -0.4 is 4.72 Å². The van der Waals surface area contributed by atoms with Crippen LogP contribution in [0.15, 0.2) is 45.7 Å². The van der Waals surface area contributed by atoms with Gasteiger partial charge in [0.25, 0.3) is 0 Å². The predicted molar refractivity (Wildman–Crippen MR) is 90.5 cm³/mol. The number of benzene rings is 1. The molecule has 0 unspecified atom stereocenters. The Labute approximate surface area is 145 Å². The lowest BCUT2D eigenvalue weighted by atomic mass is 10.3. The molecule has 132 valence electrons. The summed E-state index contributed by atoms with van der Waals surface area (Å²) in [7, 11) is -3.77. The van der Waals surface area contributed by atoms with Crippen molar-refractivity contribution in [2.75, 3.05) is 0 Å². The summed E-state index contributed by atoms with van der Waals surface area (Å²) in [6.45, 7) is 5.13. The fourth-order valence-electron chi connectivity index (χ4n) is 2.67. The van der Waals surface area contributed by atoms with E-state index in [-0.39, 0.29) is 17.3 Å². The van der Waals surface area contributed by atoms with Gasteiger partial charge >= 0.3 is 0 Å². The smallest absolute Gasteiger partial charge is 0.244 e. The maximum Gasteiger partial charge on any atom is 0.244 e. The van der Waals surface area contributed by atoms with Crippen molar-refractivity contribution in [3.05, 3.63) is 65.1 Å². The molecule has 0 spiro atoms. The quantitative estimate of drug-likeness (QED) is 0.756. The highest BCUT2D eigenvalue weighted by atomic mass is 32.2. The minimum Gasteiger partial charge on any atom is -0.465 e. The summed E-state index contributed by atoms with van der Waals surface area (Å²) in [6, 6.07) is 9.19. The molecule has 8 heteroatoms. The van der Waals surface area contributed by atoms with E-state index in [1.165, 1.54) is 16.8 Å². The van der Waals surface area contributed by atoms with Crippen LogP contribution in [0.25, 0.3) is 5.69 Å². The van der Waals surface area contributed by atoms with E-state index < -0.39 is 10.0 Å². The summed E-state index contributed by atoms with van der Waals surface area (Å²) >= 11 is 0. The normalized spacial score (nSPS) is 11.8. The maximum absolute atomic E-state index is 13.1. The van der Waals surface area contributed by atoms with Gasteiger partial charge in [0, 0.05) is 0 Å². The van der Waals surface area contributed by atoms with Gasteiger partial charge in [0.2, 0.25) is 10.0 Å². The molecule has 1 aromatic carbocycles. The molecule has 0 radical (unpaired) electrons. The van der Waals surface area contributed by atoms with Gasteiger partial charge in [0.15, 0.2) is 0 Å². The number of hydrogen-bond acceptors (Lipinski definition) is 4. The zero-order valence-electron chi connectivity index (χ0n) is 14.1. The van der Waals surface area contributed by atoms with Gasteiger partial charge in [0.05, 0.1) is 23.6 Å². The molecule has 0 fully saturated rings. The van der Waals surface area contributed by atoms with E-state index in [1.54, 1.807) is 45.0 Å². The minimum atomic E-state index is -3.77. The lowest BCUT2D eigenvalue weighted by Crippen LogP contribution is -2.24. The number of nitrogens with one attached hydrogen (secondary N) is 1. The van der Waals surface area contributed by atoms with Crippen molar-refractivity contribution >= 4 is 10.0 Å². The van der Waals surface area contributed by atoms with E-state index >= 15 is 0 Å². The lowest BCUT2D eigenvalue weighted by molar-refractivity contribution is 0.475. The van der Waals surface area contributed by atoms with Crippen molar-refractivity contribution < 1.29 is 17.2 Å². The van der Waals surface area contributed by atoms with Crippen molar-refractivity contribution in [3.63, 3.8) is 0 Å². The second kappa shape index (κ2) is 6.45. The van der Waals surface area contributed by atoms with Crippen LogP contribution in [-0.2, 0) is 16.6 Å². The van der Waals surface area contributed by atoms with E-state index in [9.17, 15) is 12.8 Å². The monoisotopic (exact) mass is 363 g/mol. The average Bonchev–Trinajstić information content (AvgIpc) is 3.10. The molecule has 0 atom stereocenters. The van der Waals surface area contributed by atoms with E-state index in [2.05, 4.69) is 9.82 Å². The fraction of sp³-hybridized carbons (Fsp3) is 0.235. The molecular weight excluding hydrogens is 345 g/mol. The van der Waals surface area contributed by atoms with E-state index in [0.29, 0.717) is 28.6 Å². The first-order chi connectivity index (χ1) is 11.8. The van der Waals surface area contributed by atoms with Crippen molar-refractivity contribution in [2.24, 2.45) is 0 Å². The number of nitrogens with zero attached hydrogens (tertiary/aromatic N) is 2.